The van der Waals surface area contributed by atoms with Crippen LogP contribution in [0.5, 0.6) is 5.75 Å². The number of nitrogens with zero attached hydrogens (tertiary/aromatic N) is 1. The summed E-state index contributed by atoms with van der Waals surface area (Å²) in [5.41, 5.74) is 0.747. The van der Waals surface area contributed by atoms with Gasteiger partial charge in [-0.15, -0.1) is 0 Å². The van der Waals surface area contributed by atoms with Gasteiger partial charge in [-0.25, -0.2) is 0 Å². The van der Waals surface area contributed by atoms with Crippen LogP contribution in [0.3, 0.4) is 0 Å². The molecule has 0 spiro atoms. The van der Waals surface area contributed by atoms with Gasteiger partial charge in [0.25, 0.3) is 5.56 Å². The fraction of sp³-hybridized carbons (Fsp3) is 0.381. The van der Waals surface area contributed by atoms with Crippen LogP contribution in [-0.2, 0) is 0 Å². The number of hydrogen-bond acceptors (Lipinski definition) is 3. The van der Waals surface area contributed by atoms with E-state index in [4.69, 9.17) is 4.74 Å². The number of rotatable bonds is 6. The minimum Gasteiger partial charge on any atom is -0.492 e. The monoisotopic (exact) mass is 338 g/mol. The van der Waals surface area contributed by atoms with Crippen LogP contribution in [0.2, 0.25) is 0 Å². The van der Waals surface area contributed by atoms with Crippen molar-refractivity contribution in [3.8, 4) is 5.75 Å². The molecule has 2 aromatic carbocycles. The molecule has 0 bridgehead atoms. The van der Waals surface area contributed by atoms with E-state index in [1.54, 1.807) is 0 Å². The molecule has 132 valence electrons. The first-order valence-corrected chi connectivity index (χ1v) is 8.91. The molecule has 0 atom stereocenters. The maximum absolute atomic E-state index is 12.3. The van der Waals surface area contributed by atoms with Crippen molar-refractivity contribution >= 4 is 21.7 Å². The summed E-state index contributed by atoms with van der Waals surface area (Å²) in [6, 6.07) is 14.4. The van der Waals surface area contributed by atoms with E-state index in [1.807, 2.05) is 42.5 Å². The van der Waals surface area contributed by atoms with Crippen molar-refractivity contribution in [3.05, 3.63) is 52.8 Å². The average Bonchev–Trinajstić information content (AvgIpc) is 2.58. The first-order chi connectivity index (χ1) is 12.0. The van der Waals surface area contributed by atoms with Gasteiger partial charge in [0.15, 0.2) is 0 Å². The molecule has 0 amide bonds. The molecule has 0 unspecified atom stereocenters. The van der Waals surface area contributed by atoms with Crippen molar-refractivity contribution in [3.63, 3.8) is 0 Å². The summed E-state index contributed by atoms with van der Waals surface area (Å²) in [6.07, 6.45) is 0. The summed E-state index contributed by atoms with van der Waals surface area (Å²) >= 11 is 0. The first kappa shape index (κ1) is 17.5. The van der Waals surface area contributed by atoms with Crippen LogP contribution in [0, 0.1) is 0 Å². The van der Waals surface area contributed by atoms with Gasteiger partial charge in [0.1, 0.15) is 12.4 Å². The highest BCUT2D eigenvalue weighted by molar-refractivity contribution is 6.08. The average molecular weight is 338 g/mol. The Labute approximate surface area is 148 Å². The Morgan fingerprint density at radius 2 is 1.64 bits per heavy atom. The molecule has 3 aromatic rings. The lowest BCUT2D eigenvalue weighted by Crippen LogP contribution is -2.39. The van der Waals surface area contributed by atoms with Crippen LogP contribution in [0.1, 0.15) is 27.7 Å². The Bertz CT molecular complexity index is 920. The van der Waals surface area contributed by atoms with E-state index < -0.39 is 0 Å². The zero-order valence-electron chi connectivity index (χ0n) is 15.4. The third-order valence-electron chi connectivity index (χ3n) is 4.65. The molecule has 0 aliphatic carbocycles. The maximum Gasteiger partial charge on any atom is 0.256 e. The smallest absolute Gasteiger partial charge is 0.256 e. The van der Waals surface area contributed by atoms with E-state index in [2.05, 4.69) is 37.6 Å². The number of hydrogen-bond donors (Lipinski definition) is 1. The number of benzene rings is 2. The minimum absolute atomic E-state index is 0.0639. The Morgan fingerprint density at radius 3 is 2.32 bits per heavy atom. The number of fused-ring (bicyclic) bond motifs is 3. The van der Waals surface area contributed by atoms with Crippen molar-refractivity contribution in [2.45, 2.75) is 39.8 Å². The second-order valence-corrected chi connectivity index (χ2v) is 6.95. The predicted octanol–water partition coefficient (Wildman–Crippen LogP) is 4.18. The van der Waals surface area contributed by atoms with Gasteiger partial charge in [-0.05, 0) is 45.9 Å². The summed E-state index contributed by atoms with van der Waals surface area (Å²) in [5.74, 6) is 0.817. The summed E-state index contributed by atoms with van der Waals surface area (Å²) in [6.45, 7) is 10.3. The normalized spacial score (nSPS) is 12.0. The Balaban J connectivity index is 1.95. The number of aromatic amines is 1. The molecule has 0 fully saturated rings. The van der Waals surface area contributed by atoms with E-state index >= 15 is 0 Å². The summed E-state index contributed by atoms with van der Waals surface area (Å²) in [4.78, 5) is 17.6. The second kappa shape index (κ2) is 7.28. The van der Waals surface area contributed by atoms with Gasteiger partial charge in [-0.1, -0.05) is 24.3 Å². The molecule has 1 N–H and O–H groups in total. The topological polar surface area (TPSA) is 45.3 Å². The van der Waals surface area contributed by atoms with Gasteiger partial charge >= 0.3 is 0 Å². The molecule has 25 heavy (non-hydrogen) atoms. The van der Waals surface area contributed by atoms with Crippen molar-refractivity contribution < 1.29 is 4.74 Å². The first-order valence-electron chi connectivity index (χ1n) is 8.91. The molecule has 1 aromatic heterocycles. The highest BCUT2D eigenvalue weighted by Crippen LogP contribution is 2.30. The minimum atomic E-state index is -0.0639. The van der Waals surface area contributed by atoms with Crippen LogP contribution in [0.4, 0.5) is 0 Å². The van der Waals surface area contributed by atoms with Crippen LogP contribution in [0.15, 0.2) is 47.3 Å². The van der Waals surface area contributed by atoms with Crippen LogP contribution >= 0.6 is 0 Å². The summed E-state index contributed by atoms with van der Waals surface area (Å²) in [7, 11) is 0. The van der Waals surface area contributed by atoms with Gasteiger partial charge in [-0.3, -0.25) is 9.69 Å². The van der Waals surface area contributed by atoms with Gasteiger partial charge in [0.2, 0.25) is 0 Å². The molecule has 1 heterocycles. The molecule has 0 aliphatic heterocycles. The Morgan fingerprint density at radius 1 is 0.960 bits per heavy atom. The third kappa shape index (κ3) is 3.54. The molecule has 0 saturated heterocycles. The largest absolute Gasteiger partial charge is 0.492 e. The number of aromatic nitrogens is 1. The van der Waals surface area contributed by atoms with Gasteiger partial charge in [-0.2, -0.15) is 0 Å². The molecule has 0 radical (unpaired) electrons. The van der Waals surface area contributed by atoms with E-state index in [9.17, 15) is 4.79 Å². The molecule has 4 heteroatoms. The lowest BCUT2D eigenvalue weighted by molar-refractivity contribution is 0.142. The van der Waals surface area contributed by atoms with Gasteiger partial charge < -0.3 is 9.72 Å². The van der Waals surface area contributed by atoms with Crippen LogP contribution in [0.25, 0.3) is 21.7 Å². The van der Waals surface area contributed by atoms with E-state index in [-0.39, 0.29) is 5.56 Å². The van der Waals surface area contributed by atoms with Crippen LogP contribution < -0.4 is 10.3 Å². The van der Waals surface area contributed by atoms with Gasteiger partial charge in [0, 0.05) is 34.8 Å². The summed E-state index contributed by atoms with van der Waals surface area (Å²) < 4.78 is 6.13. The second-order valence-electron chi connectivity index (χ2n) is 6.95. The van der Waals surface area contributed by atoms with E-state index in [0.29, 0.717) is 24.1 Å². The zero-order valence-corrected chi connectivity index (χ0v) is 15.4. The SMILES string of the molecule is CC(C)N(CCOc1cccc2[nH]c(=O)c3ccccc3c12)C(C)C. The maximum atomic E-state index is 12.3. The predicted molar refractivity (Wildman–Crippen MR) is 105 cm³/mol. The molecule has 3 rings (SSSR count). The fourth-order valence-electron chi connectivity index (χ4n) is 3.50. The molecular weight excluding hydrogens is 312 g/mol. The number of pyridine rings is 1. The molecule has 4 nitrogen and oxygen atoms in total. The standard InChI is InChI=1S/C21H26N2O2/c1-14(2)23(15(3)4)12-13-25-19-11-7-10-18-20(19)16-8-5-6-9-17(16)21(24)22-18/h5-11,14-15H,12-13H2,1-4H3,(H,22,24). The molecule has 0 aliphatic rings. The summed E-state index contributed by atoms with van der Waals surface area (Å²) in [5, 5.41) is 2.59. The highest BCUT2D eigenvalue weighted by Gasteiger charge is 2.14. The number of H-pyrrole nitrogens is 1. The van der Waals surface area contributed by atoms with Crippen molar-refractivity contribution in [2.75, 3.05) is 13.2 Å². The number of nitrogens with one attached hydrogen (secondary N) is 1. The third-order valence-corrected chi connectivity index (χ3v) is 4.65. The van der Waals surface area contributed by atoms with Gasteiger partial charge in [0.05, 0.1) is 5.52 Å². The highest BCUT2D eigenvalue weighted by atomic mass is 16.5. The van der Waals surface area contributed by atoms with Crippen LogP contribution in [-0.4, -0.2) is 35.1 Å². The van der Waals surface area contributed by atoms with Crippen molar-refractivity contribution in [2.24, 2.45) is 0 Å². The molecule has 0 saturated carbocycles. The Kier molecular flexibility index (Phi) is 5.09. The van der Waals surface area contributed by atoms with E-state index in [0.717, 1.165) is 28.6 Å². The van der Waals surface area contributed by atoms with Crippen molar-refractivity contribution in [1.29, 1.82) is 0 Å². The zero-order chi connectivity index (χ0) is 18.0. The quantitative estimate of drug-likeness (QED) is 0.686. The van der Waals surface area contributed by atoms with E-state index in [1.165, 1.54) is 0 Å². The lowest BCUT2D eigenvalue weighted by Gasteiger charge is -2.30. The van der Waals surface area contributed by atoms with Crippen molar-refractivity contribution in [1.82, 2.24) is 9.88 Å². The molecular formula is C21H26N2O2. The number of ether oxygens (including phenoxy) is 1. The lowest BCUT2D eigenvalue weighted by atomic mass is 10.1. The Hall–Kier alpha value is -2.33. The fourth-order valence-corrected chi connectivity index (χ4v) is 3.50.